The second kappa shape index (κ2) is 10.1. The molecule has 0 unspecified atom stereocenters. The normalized spacial score (nSPS) is 19.3. The minimum Gasteiger partial charge on any atom is -0.326 e. The van der Waals surface area contributed by atoms with Crippen LogP contribution >= 0.6 is 11.8 Å². The Morgan fingerprint density at radius 3 is 2.50 bits per heavy atom. The van der Waals surface area contributed by atoms with Crippen LogP contribution in [0, 0.1) is 20.8 Å². The van der Waals surface area contributed by atoms with Crippen molar-refractivity contribution >= 4 is 40.1 Å². The first-order chi connectivity index (χ1) is 17.4. The van der Waals surface area contributed by atoms with Gasteiger partial charge in [-0.25, -0.2) is 5.01 Å². The van der Waals surface area contributed by atoms with Gasteiger partial charge >= 0.3 is 0 Å². The van der Waals surface area contributed by atoms with Gasteiger partial charge in [0.05, 0.1) is 11.8 Å². The second-order valence-corrected chi connectivity index (χ2v) is 10.4. The lowest BCUT2D eigenvalue weighted by molar-refractivity contribution is -0.121. The molecule has 0 aliphatic carbocycles. The van der Waals surface area contributed by atoms with Crippen LogP contribution in [0.1, 0.15) is 46.7 Å². The number of hydrazone groups is 1. The summed E-state index contributed by atoms with van der Waals surface area (Å²) in [6, 6.07) is 24.2. The minimum absolute atomic E-state index is 0.0578. The smallest absolute Gasteiger partial charge is 0.262 e. The van der Waals surface area contributed by atoms with Gasteiger partial charge in [-0.1, -0.05) is 84.1 Å². The van der Waals surface area contributed by atoms with Crippen LogP contribution in [-0.4, -0.2) is 33.0 Å². The predicted octanol–water partition coefficient (Wildman–Crippen LogP) is 5.79. The summed E-state index contributed by atoms with van der Waals surface area (Å²) in [5, 5.41) is 9.69. The fourth-order valence-corrected chi connectivity index (χ4v) is 5.46. The predicted molar refractivity (Wildman–Crippen MR) is 146 cm³/mol. The van der Waals surface area contributed by atoms with Crippen LogP contribution in [0.15, 0.2) is 82.9 Å². The highest BCUT2D eigenvalue weighted by molar-refractivity contribution is 8.15. The largest absolute Gasteiger partial charge is 0.326 e. The van der Waals surface area contributed by atoms with E-state index in [4.69, 9.17) is 5.10 Å². The standard InChI is InChI=1S/C29H28N4O2S/c1-18-12-14-21(15-13-18)24-16-25(22-9-5-4-6-10-22)33(32-24)29-31-28(35)26(36-29)17-27(34)30-23-11-7-8-19(2)20(23)3/h4-15,25-26H,16-17H2,1-3H3,(H,30,34)/t25-,26+/m1/s1. The molecule has 2 amide bonds. The molecule has 0 radical (unpaired) electrons. The van der Waals surface area contributed by atoms with E-state index in [2.05, 4.69) is 53.6 Å². The van der Waals surface area contributed by atoms with Gasteiger partial charge in [-0.3, -0.25) is 9.59 Å². The average molecular weight is 497 g/mol. The minimum atomic E-state index is -0.569. The molecule has 182 valence electrons. The maximum atomic E-state index is 12.8. The number of amides is 2. The van der Waals surface area contributed by atoms with Crippen molar-refractivity contribution in [2.24, 2.45) is 10.1 Å². The first-order valence-corrected chi connectivity index (χ1v) is 12.9. The van der Waals surface area contributed by atoms with Gasteiger partial charge in [-0.2, -0.15) is 10.1 Å². The highest BCUT2D eigenvalue weighted by Crippen LogP contribution is 2.38. The summed E-state index contributed by atoms with van der Waals surface area (Å²) in [4.78, 5) is 29.9. The van der Waals surface area contributed by atoms with E-state index in [9.17, 15) is 9.59 Å². The molecule has 2 aliphatic heterocycles. The molecule has 0 spiro atoms. The highest BCUT2D eigenvalue weighted by Gasteiger charge is 2.39. The topological polar surface area (TPSA) is 74.1 Å². The summed E-state index contributed by atoms with van der Waals surface area (Å²) in [5.74, 6) is -0.493. The number of benzene rings is 3. The lowest BCUT2D eigenvalue weighted by Crippen LogP contribution is -2.25. The van der Waals surface area contributed by atoms with Gasteiger partial charge in [-0.15, -0.1) is 0 Å². The van der Waals surface area contributed by atoms with E-state index in [0.717, 1.165) is 33.7 Å². The molecule has 5 rings (SSSR count). The zero-order valence-corrected chi connectivity index (χ0v) is 21.4. The molecular formula is C29H28N4O2S. The Kier molecular flexibility index (Phi) is 6.74. The van der Waals surface area contributed by atoms with Gasteiger partial charge in [0.1, 0.15) is 5.25 Å². The van der Waals surface area contributed by atoms with E-state index >= 15 is 0 Å². The third-order valence-corrected chi connectivity index (χ3v) is 7.80. The molecule has 2 atom stereocenters. The van der Waals surface area contributed by atoms with Gasteiger partial charge < -0.3 is 5.32 Å². The summed E-state index contributed by atoms with van der Waals surface area (Å²) >= 11 is 1.32. The van der Waals surface area contributed by atoms with Crippen molar-refractivity contribution in [3.05, 3.63) is 101 Å². The number of amidine groups is 1. The van der Waals surface area contributed by atoms with E-state index in [0.29, 0.717) is 11.6 Å². The third-order valence-electron chi connectivity index (χ3n) is 6.65. The summed E-state index contributed by atoms with van der Waals surface area (Å²) in [6.45, 7) is 6.04. The van der Waals surface area contributed by atoms with Crippen LogP contribution in [-0.2, 0) is 9.59 Å². The average Bonchev–Trinajstić information content (AvgIpc) is 3.47. The molecule has 6 nitrogen and oxygen atoms in total. The Balaban J connectivity index is 1.34. The number of rotatable bonds is 5. The Morgan fingerprint density at radius 2 is 1.75 bits per heavy atom. The molecule has 0 bridgehead atoms. The maximum Gasteiger partial charge on any atom is 0.262 e. The second-order valence-electron chi connectivity index (χ2n) is 9.23. The molecule has 1 N–H and O–H groups in total. The van der Waals surface area contributed by atoms with Crippen LogP contribution in [0.4, 0.5) is 5.69 Å². The number of thioether (sulfide) groups is 1. The molecule has 36 heavy (non-hydrogen) atoms. The number of carbonyl (C=O) groups is 2. The summed E-state index contributed by atoms with van der Waals surface area (Å²) < 4.78 is 0. The molecule has 0 saturated carbocycles. The van der Waals surface area contributed by atoms with E-state index in [1.807, 2.05) is 55.3 Å². The van der Waals surface area contributed by atoms with E-state index in [1.54, 1.807) is 0 Å². The van der Waals surface area contributed by atoms with Crippen molar-refractivity contribution in [1.82, 2.24) is 5.01 Å². The number of hydrogen-bond donors (Lipinski definition) is 1. The number of aryl methyl sites for hydroxylation is 2. The zero-order chi connectivity index (χ0) is 25.2. The Bertz CT molecular complexity index is 1370. The van der Waals surface area contributed by atoms with Crippen molar-refractivity contribution in [3.8, 4) is 0 Å². The fourth-order valence-electron chi connectivity index (χ4n) is 4.40. The number of nitrogens with one attached hydrogen (secondary N) is 1. The Labute approximate surface area is 215 Å². The molecule has 3 aromatic rings. The fraction of sp³-hybridized carbons (Fsp3) is 0.241. The SMILES string of the molecule is Cc1ccc(C2=NN(C3=NC(=O)[C@H](CC(=O)Nc4cccc(C)c4C)S3)[C@@H](c3ccccc3)C2)cc1. The van der Waals surface area contributed by atoms with Gasteiger partial charge in [0.2, 0.25) is 5.91 Å². The van der Waals surface area contributed by atoms with E-state index in [-0.39, 0.29) is 24.3 Å². The van der Waals surface area contributed by atoms with Crippen LogP contribution in [0.5, 0.6) is 0 Å². The monoisotopic (exact) mass is 496 g/mol. The van der Waals surface area contributed by atoms with Crippen molar-refractivity contribution in [3.63, 3.8) is 0 Å². The molecule has 2 aliphatic rings. The lowest BCUT2D eigenvalue weighted by atomic mass is 9.98. The number of carbonyl (C=O) groups excluding carboxylic acids is 2. The summed E-state index contributed by atoms with van der Waals surface area (Å²) in [5.41, 5.74) is 7.21. The quantitative estimate of drug-likeness (QED) is 0.485. The highest BCUT2D eigenvalue weighted by atomic mass is 32.2. The summed E-state index contributed by atoms with van der Waals surface area (Å²) in [7, 11) is 0. The van der Waals surface area contributed by atoms with Crippen molar-refractivity contribution in [2.75, 3.05) is 5.32 Å². The summed E-state index contributed by atoms with van der Waals surface area (Å²) in [6.07, 6.45) is 0.765. The Morgan fingerprint density at radius 1 is 1.00 bits per heavy atom. The van der Waals surface area contributed by atoms with Crippen LogP contribution in [0.2, 0.25) is 0 Å². The number of anilines is 1. The first kappa shape index (κ1) is 24.0. The van der Waals surface area contributed by atoms with Crippen molar-refractivity contribution in [2.45, 2.75) is 44.9 Å². The van der Waals surface area contributed by atoms with Crippen molar-refractivity contribution < 1.29 is 9.59 Å². The molecule has 7 heteroatoms. The lowest BCUT2D eigenvalue weighted by Gasteiger charge is -2.23. The van der Waals surface area contributed by atoms with Gasteiger partial charge in [0, 0.05) is 18.5 Å². The Hall–Kier alpha value is -3.71. The van der Waals surface area contributed by atoms with Crippen molar-refractivity contribution in [1.29, 1.82) is 0 Å². The molecule has 0 saturated heterocycles. The maximum absolute atomic E-state index is 12.8. The molecule has 0 fully saturated rings. The van der Waals surface area contributed by atoms with E-state index < -0.39 is 5.25 Å². The van der Waals surface area contributed by atoms with Gasteiger partial charge in [0.25, 0.3) is 5.91 Å². The number of nitrogens with zero attached hydrogens (tertiary/aromatic N) is 3. The molecule has 2 heterocycles. The van der Waals surface area contributed by atoms with Crippen LogP contribution < -0.4 is 5.32 Å². The zero-order valence-electron chi connectivity index (χ0n) is 20.6. The van der Waals surface area contributed by atoms with Gasteiger partial charge in [0.15, 0.2) is 5.17 Å². The van der Waals surface area contributed by atoms with Crippen LogP contribution in [0.3, 0.4) is 0 Å². The first-order valence-electron chi connectivity index (χ1n) is 12.0. The van der Waals surface area contributed by atoms with Crippen LogP contribution in [0.25, 0.3) is 0 Å². The molecule has 0 aromatic heterocycles. The van der Waals surface area contributed by atoms with E-state index in [1.165, 1.54) is 17.3 Å². The number of hydrogen-bond acceptors (Lipinski definition) is 5. The third kappa shape index (κ3) is 4.97. The van der Waals surface area contributed by atoms with Gasteiger partial charge in [-0.05, 0) is 49.1 Å². The number of aliphatic imine (C=N–C) groups is 1. The molecule has 3 aromatic carbocycles. The molecular weight excluding hydrogens is 468 g/mol.